The lowest BCUT2D eigenvalue weighted by Crippen LogP contribution is -1.98. The van der Waals surface area contributed by atoms with Crippen LogP contribution >= 0.6 is 15.9 Å². The van der Waals surface area contributed by atoms with Crippen LogP contribution in [0.1, 0.15) is 5.56 Å². The second kappa shape index (κ2) is 8.55. The Kier molecular flexibility index (Phi) is 5.68. The van der Waals surface area contributed by atoms with Crippen molar-refractivity contribution < 1.29 is 9.47 Å². The van der Waals surface area contributed by atoms with E-state index in [2.05, 4.69) is 37.8 Å². The third-order valence-electron chi connectivity index (χ3n) is 4.77. The molecule has 4 rings (SSSR count). The first-order valence-electron chi connectivity index (χ1n) is 9.30. The molecule has 0 radical (unpaired) electrons. The van der Waals surface area contributed by atoms with E-state index in [1.807, 2.05) is 60.7 Å². The summed E-state index contributed by atoms with van der Waals surface area (Å²) in [6, 6.07) is 17.8. The number of methoxy groups -OCH3 is 2. The van der Waals surface area contributed by atoms with Crippen molar-refractivity contribution in [2.75, 3.05) is 19.5 Å². The van der Waals surface area contributed by atoms with Crippen LogP contribution in [0.15, 0.2) is 71.8 Å². The molecule has 0 aliphatic heterocycles. The summed E-state index contributed by atoms with van der Waals surface area (Å²) in [7, 11) is 3.27. The fraction of sp³-hybridized carbons (Fsp3) is 0.0833. The normalized spacial score (nSPS) is 10.6. The van der Waals surface area contributed by atoms with E-state index < -0.39 is 0 Å². The fourth-order valence-electron chi connectivity index (χ4n) is 3.32. The topological polar surface area (TPSA) is 56.3 Å². The van der Waals surface area contributed by atoms with Crippen LogP contribution in [-0.4, -0.2) is 24.2 Å². The van der Waals surface area contributed by atoms with Gasteiger partial charge in [-0.2, -0.15) is 0 Å². The molecule has 30 heavy (non-hydrogen) atoms. The van der Waals surface area contributed by atoms with Crippen molar-refractivity contribution in [2.24, 2.45) is 0 Å². The van der Waals surface area contributed by atoms with E-state index in [4.69, 9.17) is 9.47 Å². The highest BCUT2D eigenvalue weighted by atomic mass is 79.9. The molecule has 0 unspecified atom stereocenters. The van der Waals surface area contributed by atoms with Gasteiger partial charge in [-0.15, -0.1) is 0 Å². The Labute approximate surface area is 183 Å². The smallest absolute Gasteiger partial charge is 0.227 e. The number of rotatable bonds is 6. The molecule has 0 amide bonds. The molecule has 150 valence electrons. The zero-order valence-corrected chi connectivity index (χ0v) is 18.2. The highest BCUT2D eigenvalue weighted by molar-refractivity contribution is 9.10. The van der Waals surface area contributed by atoms with Crippen LogP contribution in [0.25, 0.3) is 28.1 Å². The lowest BCUT2D eigenvalue weighted by atomic mass is 9.97. The van der Waals surface area contributed by atoms with Crippen molar-refractivity contribution in [1.29, 1.82) is 0 Å². The Morgan fingerprint density at radius 2 is 1.80 bits per heavy atom. The van der Waals surface area contributed by atoms with Gasteiger partial charge >= 0.3 is 0 Å². The quantitative estimate of drug-likeness (QED) is 0.356. The number of ether oxygens (including phenoxy) is 2. The van der Waals surface area contributed by atoms with Gasteiger partial charge in [-0.3, -0.25) is 0 Å². The molecule has 0 aliphatic carbocycles. The molecule has 3 aromatic carbocycles. The third kappa shape index (κ3) is 3.86. The minimum Gasteiger partial charge on any atom is -0.493 e. The zero-order valence-electron chi connectivity index (χ0n) is 16.6. The number of nitrogens with zero attached hydrogens (tertiary/aromatic N) is 2. The molecule has 0 bridgehead atoms. The van der Waals surface area contributed by atoms with Crippen molar-refractivity contribution >= 4 is 44.5 Å². The Hall–Kier alpha value is -3.38. The van der Waals surface area contributed by atoms with E-state index in [1.54, 1.807) is 20.4 Å². The van der Waals surface area contributed by atoms with Gasteiger partial charge in [0.1, 0.15) is 0 Å². The number of hydrogen-bond donors (Lipinski definition) is 1. The van der Waals surface area contributed by atoms with E-state index in [9.17, 15) is 0 Å². The summed E-state index contributed by atoms with van der Waals surface area (Å²) in [5.74, 6) is 1.90. The first-order valence-corrected chi connectivity index (χ1v) is 10.1. The lowest BCUT2D eigenvalue weighted by Gasteiger charge is -2.16. The summed E-state index contributed by atoms with van der Waals surface area (Å²) < 4.78 is 12.1. The average molecular weight is 462 g/mol. The second-order valence-electron chi connectivity index (χ2n) is 6.57. The van der Waals surface area contributed by atoms with Crippen molar-refractivity contribution in [2.45, 2.75) is 0 Å². The molecule has 1 aromatic heterocycles. The van der Waals surface area contributed by atoms with E-state index >= 15 is 0 Å². The summed E-state index contributed by atoms with van der Waals surface area (Å²) in [6.07, 6.45) is 3.62. The fourth-order valence-corrected chi connectivity index (χ4v) is 3.70. The van der Waals surface area contributed by atoms with E-state index in [-0.39, 0.29) is 0 Å². The molecule has 6 heteroatoms. The first kappa shape index (κ1) is 19.9. The average Bonchev–Trinajstić information content (AvgIpc) is 2.78. The SMILES string of the molecule is C=Cc1ccc(OC)c(OC)c1-c1ccc(Nc2ncc3cc(Br)ccc3n2)cc1. The molecule has 0 atom stereocenters. The first-order chi connectivity index (χ1) is 14.6. The standard InChI is InChI=1S/C24H20BrN3O2/c1-4-15-7-12-21(29-2)23(30-3)22(15)16-5-9-19(10-6-16)27-24-26-14-17-13-18(25)8-11-20(17)28-24/h4-14H,1H2,2-3H3,(H,26,27,28). The van der Waals surface area contributed by atoms with E-state index in [1.165, 1.54) is 0 Å². The number of halogens is 1. The number of aromatic nitrogens is 2. The Bertz CT molecular complexity index is 1220. The summed E-state index contributed by atoms with van der Waals surface area (Å²) >= 11 is 3.47. The van der Waals surface area contributed by atoms with Gasteiger partial charge in [0, 0.05) is 27.3 Å². The molecule has 0 spiro atoms. The summed E-state index contributed by atoms with van der Waals surface area (Å²) in [5.41, 5.74) is 4.67. The lowest BCUT2D eigenvalue weighted by molar-refractivity contribution is 0.356. The Balaban J connectivity index is 1.65. The molecule has 0 aliphatic rings. The Morgan fingerprint density at radius 1 is 1.00 bits per heavy atom. The molecule has 0 saturated heterocycles. The van der Waals surface area contributed by atoms with Crippen molar-refractivity contribution in [3.8, 4) is 22.6 Å². The monoisotopic (exact) mass is 461 g/mol. The third-order valence-corrected chi connectivity index (χ3v) is 5.26. The van der Waals surface area contributed by atoms with Gasteiger partial charge in [-0.05, 0) is 47.5 Å². The van der Waals surface area contributed by atoms with Gasteiger partial charge in [0.05, 0.1) is 19.7 Å². The molecule has 1 N–H and O–H groups in total. The predicted molar refractivity (Wildman–Crippen MR) is 126 cm³/mol. The number of anilines is 2. The minimum atomic E-state index is 0.545. The van der Waals surface area contributed by atoms with E-state index in [0.717, 1.165) is 37.8 Å². The molecule has 4 aromatic rings. The molecule has 1 heterocycles. The van der Waals surface area contributed by atoms with Crippen LogP contribution in [0.4, 0.5) is 11.6 Å². The summed E-state index contributed by atoms with van der Waals surface area (Å²) in [4.78, 5) is 8.99. The zero-order chi connectivity index (χ0) is 21.1. The highest BCUT2D eigenvalue weighted by Crippen LogP contribution is 2.41. The largest absolute Gasteiger partial charge is 0.493 e. The van der Waals surface area contributed by atoms with Crippen LogP contribution in [0.3, 0.4) is 0 Å². The molecule has 0 saturated carbocycles. The van der Waals surface area contributed by atoms with Gasteiger partial charge in [-0.25, -0.2) is 9.97 Å². The van der Waals surface area contributed by atoms with Crippen molar-refractivity contribution in [3.63, 3.8) is 0 Å². The van der Waals surface area contributed by atoms with E-state index in [0.29, 0.717) is 17.4 Å². The van der Waals surface area contributed by atoms with Crippen LogP contribution in [0.5, 0.6) is 11.5 Å². The summed E-state index contributed by atoms with van der Waals surface area (Å²) in [5, 5.41) is 4.24. The molecule has 0 fully saturated rings. The molecular weight excluding hydrogens is 442 g/mol. The predicted octanol–water partition coefficient (Wildman–Crippen LogP) is 6.46. The number of nitrogens with one attached hydrogen (secondary N) is 1. The summed E-state index contributed by atoms with van der Waals surface area (Å²) in [6.45, 7) is 3.92. The van der Waals surface area contributed by atoms with Crippen molar-refractivity contribution in [3.05, 3.63) is 77.4 Å². The van der Waals surface area contributed by atoms with Crippen LogP contribution in [0, 0.1) is 0 Å². The van der Waals surface area contributed by atoms with Crippen LogP contribution in [0.2, 0.25) is 0 Å². The molecule has 5 nitrogen and oxygen atoms in total. The number of fused-ring (bicyclic) bond motifs is 1. The van der Waals surface area contributed by atoms with Gasteiger partial charge < -0.3 is 14.8 Å². The maximum Gasteiger partial charge on any atom is 0.227 e. The van der Waals surface area contributed by atoms with Gasteiger partial charge in [0.2, 0.25) is 5.95 Å². The van der Waals surface area contributed by atoms with Gasteiger partial charge in [0.25, 0.3) is 0 Å². The number of benzene rings is 3. The van der Waals surface area contributed by atoms with Gasteiger partial charge in [-0.1, -0.05) is 46.8 Å². The van der Waals surface area contributed by atoms with Gasteiger partial charge in [0.15, 0.2) is 11.5 Å². The minimum absolute atomic E-state index is 0.545. The maximum atomic E-state index is 5.63. The number of hydrogen-bond acceptors (Lipinski definition) is 5. The van der Waals surface area contributed by atoms with Crippen LogP contribution in [-0.2, 0) is 0 Å². The highest BCUT2D eigenvalue weighted by Gasteiger charge is 2.15. The maximum absolute atomic E-state index is 5.63. The molecular formula is C24H20BrN3O2. The second-order valence-corrected chi connectivity index (χ2v) is 7.48. The Morgan fingerprint density at radius 3 is 2.50 bits per heavy atom. The van der Waals surface area contributed by atoms with Crippen LogP contribution < -0.4 is 14.8 Å². The van der Waals surface area contributed by atoms with Crippen molar-refractivity contribution in [1.82, 2.24) is 9.97 Å².